The molecule has 5 rings (SSSR count). The van der Waals surface area contributed by atoms with Crippen molar-refractivity contribution < 1.29 is 24.2 Å². The van der Waals surface area contributed by atoms with Crippen molar-refractivity contribution in [2.45, 2.75) is 38.8 Å². The third-order valence-electron chi connectivity index (χ3n) is 7.47. The first kappa shape index (κ1) is 28.1. The number of fused-ring (bicyclic) bond motifs is 1. The zero-order valence-electron chi connectivity index (χ0n) is 23.4. The van der Waals surface area contributed by atoms with E-state index in [1.165, 1.54) is 4.90 Å². The van der Waals surface area contributed by atoms with Crippen molar-refractivity contribution >= 4 is 42.6 Å². The topological polar surface area (TPSA) is 122 Å². The van der Waals surface area contributed by atoms with Crippen molar-refractivity contribution in [2.75, 3.05) is 56.2 Å². The van der Waals surface area contributed by atoms with Crippen LogP contribution in [0.25, 0.3) is 22.3 Å². The van der Waals surface area contributed by atoms with E-state index in [9.17, 15) is 14.7 Å². The number of carbonyl (C=O) groups is 2. The molecule has 0 radical (unpaired) electrons. The van der Waals surface area contributed by atoms with Crippen molar-refractivity contribution in [2.24, 2.45) is 5.92 Å². The van der Waals surface area contributed by atoms with Crippen LogP contribution in [0.2, 0.25) is 25.7 Å². The molecule has 0 aliphatic carbocycles. The molecular weight excluding hydrogens is 528 g/mol. The van der Waals surface area contributed by atoms with Gasteiger partial charge in [-0.3, -0.25) is 4.79 Å². The summed E-state index contributed by atoms with van der Waals surface area (Å²) in [7, 11) is -1.23. The normalized spacial score (nSPS) is 17.9. The van der Waals surface area contributed by atoms with Gasteiger partial charge >= 0.3 is 6.09 Å². The van der Waals surface area contributed by atoms with Crippen molar-refractivity contribution in [3.05, 3.63) is 36.7 Å². The molecule has 2 amide bonds. The first-order chi connectivity index (χ1) is 19.2. The molecule has 12 heteroatoms. The molecule has 11 nitrogen and oxygen atoms in total. The Kier molecular flexibility index (Phi) is 8.38. The molecule has 2 saturated heterocycles. The van der Waals surface area contributed by atoms with Crippen molar-refractivity contribution in [3.8, 4) is 11.3 Å². The molecule has 0 spiro atoms. The molecule has 2 aliphatic heterocycles. The van der Waals surface area contributed by atoms with Crippen LogP contribution in [-0.2, 0) is 21.0 Å². The Morgan fingerprint density at radius 1 is 1.12 bits per heavy atom. The first-order valence-electron chi connectivity index (χ1n) is 13.8. The minimum atomic E-state index is -1.23. The highest BCUT2D eigenvalue weighted by atomic mass is 28.3. The second-order valence-electron chi connectivity index (χ2n) is 11.6. The molecule has 214 valence electrons. The minimum Gasteiger partial charge on any atom is -0.465 e. The Hall–Kier alpha value is -3.48. The van der Waals surface area contributed by atoms with Gasteiger partial charge in [0.2, 0.25) is 5.91 Å². The van der Waals surface area contributed by atoms with Crippen molar-refractivity contribution in [1.82, 2.24) is 19.4 Å². The highest BCUT2D eigenvalue weighted by Gasteiger charge is 2.31. The molecule has 2 aromatic heterocycles. The number of nitrogens with one attached hydrogen (secondary N) is 1. The summed E-state index contributed by atoms with van der Waals surface area (Å²) >= 11 is 0. The molecular formula is C28H38N6O5Si. The van der Waals surface area contributed by atoms with Crippen molar-refractivity contribution in [1.29, 1.82) is 0 Å². The lowest BCUT2D eigenvalue weighted by Crippen LogP contribution is -2.36. The number of carboxylic acid groups (broad SMARTS) is 1. The predicted molar refractivity (Wildman–Crippen MR) is 156 cm³/mol. The Morgan fingerprint density at radius 3 is 2.55 bits per heavy atom. The van der Waals surface area contributed by atoms with Gasteiger partial charge in [-0.05, 0) is 36.2 Å². The van der Waals surface area contributed by atoms with Crippen LogP contribution >= 0.6 is 0 Å². The van der Waals surface area contributed by atoms with E-state index in [1.54, 1.807) is 6.33 Å². The van der Waals surface area contributed by atoms with Gasteiger partial charge in [0.1, 0.15) is 24.5 Å². The first-order valence-corrected chi connectivity index (χ1v) is 17.5. The zero-order chi connectivity index (χ0) is 28.3. The van der Waals surface area contributed by atoms with Crippen LogP contribution in [0.1, 0.15) is 6.42 Å². The standard InChI is InChI=1S/C28H38N6O5Si/c1-40(2,3)15-14-39-19-34-24(16-23-25(29-18-30-26(23)34)32-10-12-38-13-11-32)20-4-6-22(7-5-20)31-27(35)21-8-9-33(17-21)28(36)37/h4-7,16,18,21H,8-15,17,19H2,1-3H3,(H,31,35)(H,36,37)/t21-/m1/s1. The Balaban J connectivity index is 1.39. The number of ether oxygens (including phenoxy) is 2. The van der Waals surface area contributed by atoms with Gasteiger partial charge in [-0.1, -0.05) is 31.8 Å². The monoisotopic (exact) mass is 566 g/mol. The quantitative estimate of drug-likeness (QED) is 0.292. The Bertz CT molecular complexity index is 1350. The summed E-state index contributed by atoms with van der Waals surface area (Å²) in [6, 6.07) is 10.9. The number of aromatic nitrogens is 3. The SMILES string of the molecule is C[Si](C)(C)CCOCn1c(-c2ccc(NC(=O)[C@@H]3CCN(C(=O)O)C3)cc2)cc2c(N3CCOCC3)ncnc21. The van der Waals surface area contributed by atoms with E-state index >= 15 is 0 Å². The van der Waals surface area contributed by atoms with E-state index in [1.807, 2.05) is 24.3 Å². The zero-order valence-corrected chi connectivity index (χ0v) is 24.4. The lowest BCUT2D eigenvalue weighted by Gasteiger charge is -2.28. The fraction of sp³-hybridized carbons (Fsp3) is 0.500. The summed E-state index contributed by atoms with van der Waals surface area (Å²) in [5, 5.41) is 13.1. The fourth-order valence-electron chi connectivity index (χ4n) is 5.10. The largest absolute Gasteiger partial charge is 0.465 e. The number of rotatable bonds is 9. The van der Waals surface area contributed by atoms with Crippen LogP contribution in [0, 0.1) is 5.92 Å². The van der Waals surface area contributed by atoms with Gasteiger partial charge in [0, 0.05) is 46.5 Å². The van der Waals surface area contributed by atoms with Crippen LogP contribution in [-0.4, -0.2) is 90.6 Å². The lowest BCUT2D eigenvalue weighted by atomic mass is 10.1. The molecule has 2 N–H and O–H groups in total. The third-order valence-corrected chi connectivity index (χ3v) is 9.18. The van der Waals surface area contributed by atoms with E-state index in [2.05, 4.69) is 50.5 Å². The van der Waals surface area contributed by atoms with E-state index in [-0.39, 0.29) is 18.4 Å². The molecule has 40 heavy (non-hydrogen) atoms. The highest BCUT2D eigenvalue weighted by molar-refractivity contribution is 6.76. The van der Waals surface area contributed by atoms with Gasteiger partial charge < -0.3 is 34.3 Å². The molecule has 0 saturated carbocycles. The maximum atomic E-state index is 12.7. The molecule has 3 aromatic rings. The van der Waals surface area contributed by atoms with Crippen LogP contribution in [0.4, 0.5) is 16.3 Å². The van der Waals surface area contributed by atoms with Crippen LogP contribution in [0.3, 0.4) is 0 Å². The van der Waals surface area contributed by atoms with Gasteiger partial charge in [-0.25, -0.2) is 14.8 Å². The fourth-order valence-corrected chi connectivity index (χ4v) is 5.85. The molecule has 4 heterocycles. The third kappa shape index (κ3) is 6.45. The van der Waals surface area contributed by atoms with Gasteiger partial charge in [-0.15, -0.1) is 0 Å². The number of nitrogens with zero attached hydrogens (tertiary/aromatic N) is 5. The van der Waals surface area contributed by atoms with Crippen LogP contribution in [0.15, 0.2) is 36.7 Å². The number of anilines is 2. The summed E-state index contributed by atoms with van der Waals surface area (Å²) in [5.41, 5.74) is 3.42. The summed E-state index contributed by atoms with van der Waals surface area (Å²) in [5.74, 6) is 0.391. The molecule has 0 bridgehead atoms. The highest BCUT2D eigenvalue weighted by Crippen LogP contribution is 2.33. The molecule has 2 aliphatic rings. The van der Waals surface area contributed by atoms with E-state index < -0.39 is 14.2 Å². The van der Waals surface area contributed by atoms with Gasteiger partial charge in [0.15, 0.2) is 0 Å². The number of hydrogen-bond donors (Lipinski definition) is 2. The van der Waals surface area contributed by atoms with Gasteiger partial charge in [0.05, 0.1) is 30.2 Å². The van der Waals surface area contributed by atoms with Gasteiger partial charge in [-0.2, -0.15) is 0 Å². The summed E-state index contributed by atoms with van der Waals surface area (Å²) < 4.78 is 13.8. The average molecular weight is 567 g/mol. The number of morpholine rings is 1. The number of amides is 2. The Labute approximate surface area is 235 Å². The number of benzene rings is 1. The van der Waals surface area contributed by atoms with Crippen LogP contribution in [0.5, 0.6) is 0 Å². The van der Waals surface area contributed by atoms with E-state index in [0.29, 0.717) is 45.2 Å². The summed E-state index contributed by atoms with van der Waals surface area (Å²) in [6.07, 6.45) is 1.16. The lowest BCUT2D eigenvalue weighted by molar-refractivity contribution is -0.119. The predicted octanol–water partition coefficient (Wildman–Crippen LogP) is 4.19. The second kappa shape index (κ2) is 11.9. The number of hydrogen-bond acceptors (Lipinski definition) is 7. The van der Waals surface area contributed by atoms with E-state index in [0.717, 1.165) is 47.2 Å². The minimum absolute atomic E-state index is 0.160. The second-order valence-corrected chi connectivity index (χ2v) is 17.2. The van der Waals surface area contributed by atoms with Crippen LogP contribution < -0.4 is 10.2 Å². The maximum Gasteiger partial charge on any atom is 0.407 e. The molecule has 1 aromatic carbocycles. The number of carbonyl (C=O) groups excluding carboxylic acids is 1. The average Bonchev–Trinajstić information content (AvgIpc) is 3.57. The Morgan fingerprint density at radius 2 is 1.88 bits per heavy atom. The van der Waals surface area contributed by atoms with E-state index in [4.69, 9.17) is 9.47 Å². The summed E-state index contributed by atoms with van der Waals surface area (Å²) in [6.45, 7) is 11.6. The molecule has 0 unspecified atom stereocenters. The molecule has 2 fully saturated rings. The number of likely N-dealkylation sites (tertiary alicyclic amines) is 1. The van der Waals surface area contributed by atoms with Crippen molar-refractivity contribution in [3.63, 3.8) is 0 Å². The van der Waals surface area contributed by atoms with Gasteiger partial charge in [0.25, 0.3) is 0 Å². The maximum absolute atomic E-state index is 12.7. The summed E-state index contributed by atoms with van der Waals surface area (Å²) in [4.78, 5) is 36.7. The smallest absolute Gasteiger partial charge is 0.407 e. The molecule has 1 atom stereocenters.